The molecule has 1 aromatic heterocycles. The predicted molar refractivity (Wildman–Crippen MR) is 56.0 cm³/mol. The molecule has 4 heteroatoms. The average molecular weight is 217 g/mol. The van der Waals surface area contributed by atoms with Gasteiger partial charge in [-0.2, -0.15) is 5.26 Å². The predicted octanol–water partition coefficient (Wildman–Crippen LogP) is 0.855. The van der Waals surface area contributed by atoms with Crippen molar-refractivity contribution < 1.29 is 9.90 Å². The summed E-state index contributed by atoms with van der Waals surface area (Å²) in [6.45, 7) is 3.10. The first kappa shape index (κ1) is 12.2. The molecule has 0 radical (unpaired) electrons. The topological polar surface area (TPSA) is 76.8 Å². The number of carboxylic acids is 1. The van der Waals surface area contributed by atoms with E-state index in [1.165, 1.54) is 0 Å². The number of carbonyl (C=O) groups excluding carboxylic acids is 1. The Morgan fingerprint density at radius 1 is 1.62 bits per heavy atom. The lowest BCUT2D eigenvalue weighted by atomic mass is 9.82. The van der Waals surface area contributed by atoms with Gasteiger partial charge in [-0.05, 0) is 18.6 Å². The molecule has 1 atom stereocenters. The van der Waals surface area contributed by atoms with Crippen LogP contribution in [0.25, 0.3) is 0 Å². The third-order valence-corrected chi connectivity index (χ3v) is 2.47. The Morgan fingerprint density at radius 2 is 2.31 bits per heavy atom. The summed E-state index contributed by atoms with van der Waals surface area (Å²) in [5.41, 5.74) is -0.433. The zero-order valence-electron chi connectivity index (χ0n) is 9.30. The summed E-state index contributed by atoms with van der Waals surface area (Å²) in [6.07, 6.45) is 1.79. The number of hydrogen-bond acceptors (Lipinski definition) is 4. The average Bonchev–Trinajstić information content (AvgIpc) is 2.27. The van der Waals surface area contributed by atoms with E-state index in [9.17, 15) is 9.90 Å². The van der Waals surface area contributed by atoms with E-state index in [0.717, 1.165) is 0 Å². The maximum Gasteiger partial charge on any atom is 0.0893 e. The number of carboxylic acid groups (broad SMARTS) is 1. The van der Waals surface area contributed by atoms with Gasteiger partial charge in [-0.15, -0.1) is 0 Å². The SMILES string of the molecule is CC(C)(CC(C#N)c1ccccn1)C(=O)[O-]. The van der Waals surface area contributed by atoms with Crippen molar-refractivity contribution >= 4 is 5.97 Å². The Balaban J connectivity index is 2.87. The monoisotopic (exact) mass is 217 g/mol. The third-order valence-electron chi connectivity index (χ3n) is 2.47. The molecule has 1 rings (SSSR count). The fourth-order valence-corrected chi connectivity index (χ4v) is 1.39. The van der Waals surface area contributed by atoms with Crippen LogP contribution in [-0.4, -0.2) is 11.0 Å². The van der Waals surface area contributed by atoms with Gasteiger partial charge < -0.3 is 9.90 Å². The Bertz CT molecular complexity index is 407. The van der Waals surface area contributed by atoms with Crippen LogP contribution < -0.4 is 5.11 Å². The molecule has 84 valence electrons. The highest BCUT2D eigenvalue weighted by atomic mass is 16.4. The molecule has 0 aliphatic heterocycles. The largest absolute Gasteiger partial charge is 0.550 e. The number of nitrogens with zero attached hydrogens (tertiary/aromatic N) is 2. The van der Waals surface area contributed by atoms with Crippen molar-refractivity contribution in [2.45, 2.75) is 26.2 Å². The van der Waals surface area contributed by atoms with Crippen LogP contribution in [0.15, 0.2) is 24.4 Å². The fourth-order valence-electron chi connectivity index (χ4n) is 1.39. The van der Waals surface area contributed by atoms with Gasteiger partial charge in [0.05, 0.1) is 17.7 Å². The number of aromatic nitrogens is 1. The molecule has 16 heavy (non-hydrogen) atoms. The minimum Gasteiger partial charge on any atom is -0.550 e. The first-order valence-electron chi connectivity index (χ1n) is 4.99. The normalized spacial score (nSPS) is 12.8. The molecule has 1 unspecified atom stereocenters. The van der Waals surface area contributed by atoms with Gasteiger partial charge in [0.1, 0.15) is 0 Å². The molecular weight excluding hydrogens is 204 g/mol. The van der Waals surface area contributed by atoms with Crippen LogP contribution >= 0.6 is 0 Å². The lowest BCUT2D eigenvalue weighted by Crippen LogP contribution is -2.39. The number of aliphatic carboxylic acids is 1. The number of hydrogen-bond donors (Lipinski definition) is 0. The summed E-state index contributed by atoms with van der Waals surface area (Å²) in [5.74, 6) is -1.67. The lowest BCUT2D eigenvalue weighted by molar-refractivity contribution is -0.318. The first-order chi connectivity index (χ1) is 7.47. The number of carbonyl (C=O) groups is 1. The molecule has 0 aliphatic carbocycles. The highest BCUT2D eigenvalue weighted by molar-refractivity contribution is 5.71. The van der Waals surface area contributed by atoms with Crippen molar-refractivity contribution in [2.75, 3.05) is 0 Å². The quantitative estimate of drug-likeness (QED) is 0.749. The van der Waals surface area contributed by atoms with Crippen molar-refractivity contribution in [3.05, 3.63) is 30.1 Å². The van der Waals surface area contributed by atoms with Gasteiger partial charge in [-0.1, -0.05) is 19.9 Å². The molecule has 0 aliphatic rings. The first-order valence-corrected chi connectivity index (χ1v) is 4.99. The molecule has 4 nitrogen and oxygen atoms in total. The van der Waals surface area contributed by atoms with Crippen LogP contribution in [0.4, 0.5) is 0 Å². The summed E-state index contributed by atoms with van der Waals surface area (Å²) in [5, 5.41) is 19.9. The lowest BCUT2D eigenvalue weighted by Gasteiger charge is -2.27. The Morgan fingerprint density at radius 3 is 2.75 bits per heavy atom. The molecule has 0 fully saturated rings. The van der Waals surface area contributed by atoms with Crippen molar-refractivity contribution in [1.82, 2.24) is 4.98 Å². The minimum atomic E-state index is -1.15. The maximum atomic E-state index is 10.9. The van der Waals surface area contributed by atoms with Crippen molar-refractivity contribution in [3.8, 4) is 6.07 Å². The third kappa shape index (κ3) is 2.80. The van der Waals surface area contributed by atoms with E-state index in [1.807, 2.05) is 0 Å². The second-order valence-electron chi connectivity index (χ2n) is 4.31. The number of nitriles is 1. The molecule has 0 amide bonds. The van der Waals surface area contributed by atoms with Gasteiger partial charge in [0.25, 0.3) is 0 Å². The van der Waals surface area contributed by atoms with Gasteiger partial charge in [-0.3, -0.25) is 4.98 Å². The summed E-state index contributed by atoms with van der Waals surface area (Å²) < 4.78 is 0. The number of pyridine rings is 1. The summed E-state index contributed by atoms with van der Waals surface area (Å²) >= 11 is 0. The van der Waals surface area contributed by atoms with Gasteiger partial charge in [0.2, 0.25) is 0 Å². The Hall–Kier alpha value is -1.89. The van der Waals surface area contributed by atoms with Gasteiger partial charge in [0.15, 0.2) is 0 Å². The standard InChI is InChI=1S/C12H14N2O2/c1-12(2,11(15)16)7-9(8-13)10-5-3-4-6-14-10/h3-6,9H,7H2,1-2H3,(H,15,16)/p-1. The Kier molecular flexibility index (Phi) is 3.62. The van der Waals surface area contributed by atoms with Crippen LogP contribution in [0.3, 0.4) is 0 Å². The van der Waals surface area contributed by atoms with Gasteiger partial charge in [-0.25, -0.2) is 0 Å². The molecule has 0 saturated heterocycles. The second-order valence-corrected chi connectivity index (χ2v) is 4.31. The molecular formula is C12H13N2O2-. The minimum absolute atomic E-state index is 0.197. The molecule has 0 bridgehead atoms. The van der Waals surface area contributed by atoms with Gasteiger partial charge >= 0.3 is 0 Å². The molecule has 0 saturated carbocycles. The highest BCUT2D eigenvalue weighted by Gasteiger charge is 2.26. The fraction of sp³-hybridized carbons (Fsp3) is 0.417. The van der Waals surface area contributed by atoms with E-state index < -0.39 is 17.3 Å². The van der Waals surface area contributed by atoms with Crippen LogP contribution in [0, 0.1) is 16.7 Å². The van der Waals surface area contributed by atoms with Crippen LogP contribution in [0.2, 0.25) is 0 Å². The molecule has 1 aromatic rings. The number of rotatable bonds is 4. The van der Waals surface area contributed by atoms with E-state index >= 15 is 0 Å². The molecule has 0 spiro atoms. The summed E-state index contributed by atoms with van der Waals surface area (Å²) in [6, 6.07) is 7.33. The molecule has 1 heterocycles. The van der Waals surface area contributed by atoms with E-state index in [1.54, 1.807) is 38.2 Å². The second kappa shape index (κ2) is 4.75. The summed E-state index contributed by atoms with van der Waals surface area (Å²) in [4.78, 5) is 14.9. The maximum absolute atomic E-state index is 10.9. The Labute approximate surface area is 94.6 Å². The van der Waals surface area contributed by atoms with Crippen molar-refractivity contribution in [3.63, 3.8) is 0 Å². The van der Waals surface area contributed by atoms with E-state index in [-0.39, 0.29) is 6.42 Å². The van der Waals surface area contributed by atoms with Crippen molar-refractivity contribution in [2.24, 2.45) is 5.41 Å². The van der Waals surface area contributed by atoms with Crippen LogP contribution in [0.1, 0.15) is 31.9 Å². The van der Waals surface area contributed by atoms with E-state index in [4.69, 9.17) is 5.26 Å². The van der Waals surface area contributed by atoms with Crippen LogP contribution in [-0.2, 0) is 4.79 Å². The van der Waals surface area contributed by atoms with E-state index in [2.05, 4.69) is 11.1 Å². The van der Waals surface area contributed by atoms with E-state index in [0.29, 0.717) is 5.69 Å². The highest BCUT2D eigenvalue weighted by Crippen LogP contribution is 2.29. The molecule has 0 aromatic carbocycles. The summed E-state index contributed by atoms with van der Waals surface area (Å²) in [7, 11) is 0. The van der Waals surface area contributed by atoms with Crippen molar-refractivity contribution in [1.29, 1.82) is 5.26 Å². The zero-order valence-corrected chi connectivity index (χ0v) is 9.30. The van der Waals surface area contributed by atoms with Crippen LogP contribution in [0.5, 0.6) is 0 Å². The molecule has 0 N–H and O–H groups in total. The smallest absolute Gasteiger partial charge is 0.0893 e. The van der Waals surface area contributed by atoms with Gasteiger partial charge in [0, 0.05) is 17.6 Å². The zero-order chi connectivity index (χ0) is 12.2.